The van der Waals surface area contributed by atoms with Crippen LogP contribution in [0.1, 0.15) is 15.9 Å². The second kappa shape index (κ2) is 5.52. The van der Waals surface area contributed by atoms with Gasteiger partial charge in [0.1, 0.15) is 11.5 Å². The molecule has 20 heavy (non-hydrogen) atoms. The van der Waals surface area contributed by atoms with Gasteiger partial charge in [-0.2, -0.15) is 0 Å². The largest absolute Gasteiger partial charge is 0.507 e. The van der Waals surface area contributed by atoms with Crippen molar-refractivity contribution in [3.05, 3.63) is 47.5 Å². The monoisotopic (exact) mass is 272 g/mol. The third-order valence-electron chi connectivity index (χ3n) is 2.87. The average molecular weight is 272 g/mol. The third-order valence-corrected chi connectivity index (χ3v) is 2.87. The number of carbonyl (C=O) groups excluding carboxylic acids is 1. The van der Waals surface area contributed by atoms with E-state index in [4.69, 9.17) is 10.5 Å². The van der Waals surface area contributed by atoms with Crippen LogP contribution >= 0.6 is 0 Å². The maximum absolute atomic E-state index is 12.2. The van der Waals surface area contributed by atoms with Gasteiger partial charge in [-0.15, -0.1) is 0 Å². The fourth-order valence-electron chi connectivity index (χ4n) is 1.85. The number of amides is 1. The highest BCUT2D eigenvalue weighted by Gasteiger charge is 2.13. The molecule has 0 saturated carbocycles. The van der Waals surface area contributed by atoms with Crippen LogP contribution in [0.3, 0.4) is 0 Å². The molecule has 0 spiro atoms. The van der Waals surface area contributed by atoms with E-state index in [0.29, 0.717) is 17.1 Å². The second-order valence-corrected chi connectivity index (χ2v) is 4.43. The summed E-state index contributed by atoms with van der Waals surface area (Å²) in [5.41, 5.74) is 7.72. The molecule has 0 atom stereocenters. The first-order chi connectivity index (χ1) is 9.51. The van der Waals surface area contributed by atoms with Crippen LogP contribution in [0.15, 0.2) is 36.4 Å². The first-order valence-corrected chi connectivity index (χ1v) is 6.05. The van der Waals surface area contributed by atoms with E-state index < -0.39 is 5.91 Å². The lowest BCUT2D eigenvalue weighted by Gasteiger charge is -2.11. The molecule has 0 aromatic heterocycles. The molecule has 1 amide bonds. The van der Waals surface area contributed by atoms with Crippen molar-refractivity contribution in [2.45, 2.75) is 6.92 Å². The van der Waals surface area contributed by atoms with Gasteiger partial charge in [0, 0.05) is 5.69 Å². The molecule has 2 aromatic rings. The SMILES string of the molecule is COc1ccc(N)cc1NC(=O)c1ccc(C)cc1O. The number of methoxy groups -OCH3 is 1. The first-order valence-electron chi connectivity index (χ1n) is 6.05. The zero-order valence-electron chi connectivity index (χ0n) is 11.3. The second-order valence-electron chi connectivity index (χ2n) is 4.43. The van der Waals surface area contributed by atoms with E-state index in [2.05, 4.69) is 5.32 Å². The molecule has 0 aliphatic heterocycles. The summed E-state index contributed by atoms with van der Waals surface area (Å²) in [6.07, 6.45) is 0. The molecular formula is C15H16N2O3. The molecule has 0 bridgehead atoms. The van der Waals surface area contributed by atoms with Crippen molar-refractivity contribution in [3.8, 4) is 11.5 Å². The number of anilines is 2. The Morgan fingerprint density at radius 3 is 2.65 bits per heavy atom. The maximum atomic E-state index is 12.2. The highest BCUT2D eigenvalue weighted by molar-refractivity contribution is 6.07. The Kier molecular flexibility index (Phi) is 3.79. The zero-order chi connectivity index (χ0) is 14.7. The molecule has 5 nitrogen and oxygen atoms in total. The number of rotatable bonds is 3. The van der Waals surface area contributed by atoms with Crippen molar-refractivity contribution in [1.82, 2.24) is 0 Å². The standard InChI is InChI=1S/C15H16N2O3/c1-9-3-5-11(13(18)7-9)15(19)17-12-8-10(16)4-6-14(12)20-2/h3-8,18H,16H2,1-2H3,(H,17,19). The van der Waals surface area contributed by atoms with Crippen molar-refractivity contribution in [1.29, 1.82) is 0 Å². The van der Waals surface area contributed by atoms with Crippen LogP contribution in [0.2, 0.25) is 0 Å². The van der Waals surface area contributed by atoms with Crippen LogP contribution in [0.25, 0.3) is 0 Å². The van der Waals surface area contributed by atoms with Crippen molar-refractivity contribution >= 4 is 17.3 Å². The Balaban J connectivity index is 2.30. The van der Waals surface area contributed by atoms with Gasteiger partial charge < -0.3 is 20.9 Å². The average Bonchev–Trinajstić information content (AvgIpc) is 2.38. The number of hydrogen-bond acceptors (Lipinski definition) is 4. The molecule has 104 valence electrons. The molecule has 0 aliphatic carbocycles. The van der Waals surface area contributed by atoms with Crippen molar-refractivity contribution < 1.29 is 14.6 Å². The van der Waals surface area contributed by atoms with Gasteiger partial charge in [0.05, 0.1) is 18.4 Å². The minimum Gasteiger partial charge on any atom is -0.507 e. The molecular weight excluding hydrogens is 256 g/mol. The van der Waals surface area contributed by atoms with E-state index >= 15 is 0 Å². The molecule has 4 N–H and O–H groups in total. The van der Waals surface area contributed by atoms with Crippen LogP contribution in [-0.2, 0) is 0 Å². The number of aromatic hydroxyl groups is 1. The van der Waals surface area contributed by atoms with Crippen molar-refractivity contribution in [2.24, 2.45) is 0 Å². The van der Waals surface area contributed by atoms with Gasteiger partial charge in [-0.05, 0) is 42.8 Å². The van der Waals surface area contributed by atoms with Crippen molar-refractivity contribution in [2.75, 3.05) is 18.2 Å². The van der Waals surface area contributed by atoms with Gasteiger partial charge >= 0.3 is 0 Å². The topological polar surface area (TPSA) is 84.6 Å². The maximum Gasteiger partial charge on any atom is 0.259 e. The van der Waals surface area contributed by atoms with Crippen molar-refractivity contribution in [3.63, 3.8) is 0 Å². The smallest absolute Gasteiger partial charge is 0.259 e. The van der Waals surface area contributed by atoms with Crippen LogP contribution in [0.4, 0.5) is 11.4 Å². The van der Waals surface area contributed by atoms with Crippen LogP contribution in [0, 0.1) is 6.92 Å². The number of phenolic OH excluding ortho intramolecular Hbond substituents is 1. The number of nitrogen functional groups attached to an aromatic ring is 1. The Bertz CT molecular complexity index is 654. The Morgan fingerprint density at radius 1 is 1.25 bits per heavy atom. The van der Waals surface area contributed by atoms with Gasteiger partial charge in [-0.1, -0.05) is 6.07 Å². The Morgan fingerprint density at radius 2 is 2.00 bits per heavy atom. The number of aryl methyl sites for hydroxylation is 1. The summed E-state index contributed by atoms with van der Waals surface area (Å²) < 4.78 is 5.15. The molecule has 0 aliphatic rings. The Labute approximate surface area is 117 Å². The number of nitrogens with one attached hydrogen (secondary N) is 1. The predicted octanol–water partition coefficient (Wildman–Crippen LogP) is 2.54. The van der Waals surface area contributed by atoms with Gasteiger partial charge in [0.15, 0.2) is 0 Å². The number of carbonyl (C=O) groups is 1. The molecule has 0 unspecified atom stereocenters. The number of hydrogen-bond donors (Lipinski definition) is 3. The minimum atomic E-state index is -0.425. The highest BCUT2D eigenvalue weighted by Crippen LogP contribution is 2.28. The molecule has 0 heterocycles. The van der Waals surface area contributed by atoms with Crippen LogP contribution in [0.5, 0.6) is 11.5 Å². The zero-order valence-corrected chi connectivity index (χ0v) is 11.3. The van der Waals surface area contributed by atoms with Gasteiger partial charge in [0.25, 0.3) is 5.91 Å². The fraction of sp³-hybridized carbons (Fsp3) is 0.133. The molecule has 2 aromatic carbocycles. The van der Waals surface area contributed by atoms with E-state index in [1.165, 1.54) is 13.2 Å². The lowest BCUT2D eigenvalue weighted by atomic mass is 10.1. The molecule has 5 heteroatoms. The summed E-state index contributed by atoms with van der Waals surface area (Å²) >= 11 is 0. The summed E-state index contributed by atoms with van der Waals surface area (Å²) in [7, 11) is 1.50. The quantitative estimate of drug-likeness (QED) is 0.750. The fourth-order valence-corrected chi connectivity index (χ4v) is 1.85. The predicted molar refractivity (Wildman–Crippen MR) is 78.2 cm³/mol. The number of benzene rings is 2. The van der Waals surface area contributed by atoms with E-state index in [1.54, 1.807) is 30.3 Å². The third kappa shape index (κ3) is 2.83. The van der Waals surface area contributed by atoms with E-state index in [1.807, 2.05) is 6.92 Å². The molecule has 0 fully saturated rings. The minimum absolute atomic E-state index is 0.0645. The number of ether oxygens (including phenoxy) is 1. The highest BCUT2D eigenvalue weighted by atomic mass is 16.5. The number of nitrogens with two attached hydrogens (primary N) is 1. The van der Waals surface area contributed by atoms with E-state index in [9.17, 15) is 9.90 Å². The summed E-state index contributed by atoms with van der Waals surface area (Å²) in [4.78, 5) is 12.2. The van der Waals surface area contributed by atoms with E-state index in [-0.39, 0.29) is 11.3 Å². The number of phenols is 1. The van der Waals surface area contributed by atoms with Crippen LogP contribution < -0.4 is 15.8 Å². The lowest BCUT2D eigenvalue weighted by Crippen LogP contribution is -2.13. The van der Waals surface area contributed by atoms with Gasteiger partial charge in [0.2, 0.25) is 0 Å². The molecule has 0 radical (unpaired) electrons. The van der Waals surface area contributed by atoms with Gasteiger partial charge in [-0.25, -0.2) is 0 Å². The van der Waals surface area contributed by atoms with E-state index in [0.717, 1.165) is 5.56 Å². The summed E-state index contributed by atoms with van der Waals surface area (Å²) in [5.74, 6) is 0.0101. The summed E-state index contributed by atoms with van der Waals surface area (Å²) in [6, 6.07) is 9.80. The lowest BCUT2D eigenvalue weighted by molar-refractivity contribution is 0.102. The first kappa shape index (κ1) is 13.7. The molecule has 2 rings (SSSR count). The van der Waals surface area contributed by atoms with Crippen LogP contribution in [-0.4, -0.2) is 18.1 Å². The normalized spacial score (nSPS) is 10.1. The Hall–Kier alpha value is -2.69. The molecule has 0 saturated heterocycles. The summed E-state index contributed by atoms with van der Waals surface area (Å²) in [5, 5.41) is 12.5. The van der Waals surface area contributed by atoms with Gasteiger partial charge in [-0.3, -0.25) is 4.79 Å². The summed E-state index contributed by atoms with van der Waals surface area (Å²) in [6.45, 7) is 1.84.